The van der Waals surface area contributed by atoms with Crippen molar-refractivity contribution in [3.05, 3.63) is 28.7 Å². The molecule has 1 amide bonds. The van der Waals surface area contributed by atoms with Crippen LogP contribution in [0.3, 0.4) is 0 Å². The summed E-state index contributed by atoms with van der Waals surface area (Å²) in [5, 5.41) is 11.9. The van der Waals surface area contributed by atoms with Gasteiger partial charge < -0.3 is 10.4 Å². The van der Waals surface area contributed by atoms with Crippen LogP contribution >= 0.6 is 28.3 Å². The Hall–Kier alpha value is -1.11. The van der Waals surface area contributed by atoms with E-state index in [0.29, 0.717) is 25.9 Å². The smallest absolute Gasteiger partial charge is 0.306 e. The van der Waals surface area contributed by atoms with E-state index in [1.54, 1.807) is 0 Å². The highest BCUT2D eigenvalue weighted by atomic mass is 79.9. The number of likely N-dealkylation sites (tertiary alicyclic amines) is 1. The summed E-state index contributed by atoms with van der Waals surface area (Å²) in [5.41, 5.74) is 0.752. The van der Waals surface area contributed by atoms with Gasteiger partial charge >= 0.3 is 5.97 Å². The summed E-state index contributed by atoms with van der Waals surface area (Å²) in [4.78, 5) is 25.2. The Morgan fingerprint density at radius 1 is 1.36 bits per heavy atom. The molecule has 0 spiro atoms. The van der Waals surface area contributed by atoms with Gasteiger partial charge in [0.2, 0.25) is 5.91 Å². The number of hydrogen-bond donors (Lipinski definition) is 2. The molecule has 22 heavy (non-hydrogen) atoms. The standard InChI is InChI=1S/C15H19BrN2O3.ClH/c1-10(18-7-5-11(6-8-18)15(20)21)14(19)17-13-4-2-3-12(16)9-13;/h2-4,9-11H,5-8H2,1H3,(H,17,19)(H,20,21);1H. The van der Waals surface area contributed by atoms with Crippen molar-refractivity contribution in [3.63, 3.8) is 0 Å². The van der Waals surface area contributed by atoms with Gasteiger partial charge in [0, 0.05) is 10.2 Å². The average Bonchev–Trinajstić information content (AvgIpc) is 2.46. The summed E-state index contributed by atoms with van der Waals surface area (Å²) >= 11 is 3.37. The Labute approximate surface area is 144 Å². The van der Waals surface area contributed by atoms with Gasteiger partial charge in [0.05, 0.1) is 12.0 Å². The lowest BCUT2D eigenvalue weighted by atomic mass is 9.96. The molecule has 1 saturated heterocycles. The molecule has 1 heterocycles. The first kappa shape index (κ1) is 18.9. The van der Waals surface area contributed by atoms with E-state index in [1.807, 2.05) is 36.1 Å². The number of benzene rings is 1. The van der Waals surface area contributed by atoms with E-state index in [4.69, 9.17) is 5.11 Å². The van der Waals surface area contributed by atoms with E-state index in [-0.39, 0.29) is 30.3 Å². The number of nitrogens with zero attached hydrogens (tertiary/aromatic N) is 1. The Morgan fingerprint density at radius 3 is 2.55 bits per heavy atom. The van der Waals surface area contributed by atoms with Crippen molar-refractivity contribution in [3.8, 4) is 0 Å². The van der Waals surface area contributed by atoms with Gasteiger partial charge in [-0.3, -0.25) is 14.5 Å². The van der Waals surface area contributed by atoms with Crippen LogP contribution in [-0.2, 0) is 9.59 Å². The lowest BCUT2D eigenvalue weighted by molar-refractivity contribution is -0.143. The number of carbonyl (C=O) groups is 2. The minimum atomic E-state index is -0.735. The van der Waals surface area contributed by atoms with Gasteiger partial charge in [-0.2, -0.15) is 0 Å². The molecule has 0 aliphatic carbocycles. The van der Waals surface area contributed by atoms with Crippen molar-refractivity contribution < 1.29 is 14.7 Å². The lowest BCUT2D eigenvalue weighted by Gasteiger charge is -2.33. The number of piperidine rings is 1. The third kappa shape index (κ3) is 4.97. The Kier molecular flexibility index (Phi) is 7.32. The fourth-order valence-corrected chi connectivity index (χ4v) is 2.91. The van der Waals surface area contributed by atoms with Crippen molar-refractivity contribution in [2.24, 2.45) is 5.92 Å². The number of rotatable bonds is 4. The van der Waals surface area contributed by atoms with Crippen molar-refractivity contribution >= 4 is 45.9 Å². The molecule has 5 nitrogen and oxygen atoms in total. The largest absolute Gasteiger partial charge is 0.481 e. The molecule has 1 atom stereocenters. The van der Waals surface area contributed by atoms with Crippen molar-refractivity contribution in [2.75, 3.05) is 18.4 Å². The second kappa shape index (κ2) is 8.50. The van der Waals surface area contributed by atoms with Gasteiger partial charge in [0.1, 0.15) is 0 Å². The van der Waals surface area contributed by atoms with Crippen LogP contribution in [0, 0.1) is 5.92 Å². The maximum atomic E-state index is 12.3. The van der Waals surface area contributed by atoms with E-state index in [0.717, 1.165) is 10.2 Å². The number of hydrogen-bond acceptors (Lipinski definition) is 3. The van der Waals surface area contributed by atoms with Crippen LogP contribution in [0.5, 0.6) is 0 Å². The highest BCUT2D eigenvalue weighted by molar-refractivity contribution is 9.10. The van der Waals surface area contributed by atoms with Crippen LogP contribution in [-0.4, -0.2) is 41.0 Å². The molecule has 1 aromatic rings. The molecule has 1 unspecified atom stereocenters. The van der Waals surface area contributed by atoms with Crippen molar-refractivity contribution in [1.29, 1.82) is 0 Å². The lowest BCUT2D eigenvalue weighted by Crippen LogP contribution is -2.46. The van der Waals surface area contributed by atoms with Crippen molar-refractivity contribution in [1.82, 2.24) is 4.90 Å². The molecule has 2 N–H and O–H groups in total. The summed E-state index contributed by atoms with van der Waals surface area (Å²) in [5.74, 6) is -1.08. The van der Waals surface area contributed by atoms with Crippen LogP contribution in [0.15, 0.2) is 28.7 Å². The number of anilines is 1. The quantitative estimate of drug-likeness (QED) is 0.828. The Balaban J connectivity index is 0.00000242. The van der Waals surface area contributed by atoms with Gasteiger partial charge in [0.25, 0.3) is 0 Å². The van der Waals surface area contributed by atoms with Gasteiger partial charge in [-0.1, -0.05) is 22.0 Å². The summed E-state index contributed by atoms with van der Waals surface area (Å²) in [7, 11) is 0. The third-order valence-electron chi connectivity index (χ3n) is 3.90. The number of aliphatic carboxylic acids is 1. The normalized spacial score (nSPS) is 17.4. The predicted molar refractivity (Wildman–Crippen MR) is 91.4 cm³/mol. The van der Waals surface area contributed by atoms with E-state index < -0.39 is 5.97 Å². The monoisotopic (exact) mass is 390 g/mol. The minimum Gasteiger partial charge on any atom is -0.481 e. The highest BCUT2D eigenvalue weighted by Crippen LogP contribution is 2.20. The molecule has 0 radical (unpaired) electrons. The summed E-state index contributed by atoms with van der Waals surface area (Å²) in [6, 6.07) is 7.19. The number of amides is 1. The molecule has 1 aromatic carbocycles. The van der Waals surface area contributed by atoms with Crippen LogP contribution in [0.1, 0.15) is 19.8 Å². The maximum Gasteiger partial charge on any atom is 0.306 e. The zero-order valence-electron chi connectivity index (χ0n) is 12.3. The van der Waals surface area contributed by atoms with E-state index in [1.165, 1.54) is 0 Å². The first-order valence-corrected chi connectivity index (χ1v) is 7.80. The molecule has 0 aromatic heterocycles. The number of nitrogens with one attached hydrogen (secondary N) is 1. The first-order valence-electron chi connectivity index (χ1n) is 7.00. The number of halogens is 2. The molecule has 0 bridgehead atoms. The number of carboxylic acid groups (broad SMARTS) is 1. The average molecular weight is 392 g/mol. The van der Waals surface area contributed by atoms with Gasteiger partial charge in [-0.25, -0.2) is 0 Å². The predicted octanol–water partition coefficient (Wildman–Crippen LogP) is 2.99. The topological polar surface area (TPSA) is 69.6 Å². The van der Waals surface area contributed by atoms with Gasteiger partial charge in [0.15, 0.2) is 0 Å². The van der Waals surface area contributed by atoms with E-state index >= 15 is 0 Å². The van der Waals surface area contributed by atoms with Crippen molar-refractivity contribution in [2.45, 2.75) is 25.8 Å². The molecule has 1 fully saturated rings. The van der Waals surface area contributed by atoms with Gasteiger partial charge in [-0.15, -0.1) is 12.4 Å². The number of carbonyl (C=O) groups excluding carboxylic acids is 1. The molecular weight excluding hydrogens is 372 g/mol. The fraction of sp³-hybridized carbons (Fsp3) is 0.467. The van der Waals surface area contributed by atoms with Crippen LogP contribution in [0.4, 0.5) is 5.69 Å². The molecule has 2 rings (SSSR count). The highest BCUT2D eigenvalue weighted by Gasteiger charge is 2.29. The second-order valence-electron chi connectivity index (χ2n) is 5.32. The fourth-order valence-electron chi connectivity index (χ4n) is 2.51. The Bertz CT molecular complexity index is 533. The van der Waals surface area contributed by atoms with Crippen LogP contribution in [0.25, 0.3) is 0 Å². The zero-order chi connectivity index (χ0) is 15.4. The molecule has 122 valence electrons. The number of carboxylic acids is 1. The Morgan fingerprint density at radius 2 is 2.00 bits per heavy atom. The zero-order valence-corrected chi connectivity index (χ0v) is 14.7. The van der Waals surface area contributed by atoms with Crippen LogP contribution in [0.2, 0.25) is 0 Å². The summed E-state index contributed by atoms with van der Waals surface area (Å²) in [6.07, 6.45) is 1.20. The first-order chi connectivity index (χ1) is 9.97. The minimum absolute atomic E-state index is 0. The maximum absolute atomic E-state index is 12.3. The summed E-state index contributed by atoms with van der Waals surface area (Å²) < 4.78 is 0.912. The van der Waals surface area contributed by atoms with E-state index in [9.17, 15) is 9.59 Å². The second-order valence-corrected chi connectivity index (χ2v) is 6.24. The SMILES string of the molecule is CC(C(=O)Nc1cccc(Br)c1)N1CCC(C(=O)O)CC1.Cl. The van der Waals surface area contributed by atoms with Gasteiger partial charge in [-0.05, 0) is 51.1 Å². The third-order valence-corrected chi connectivity index (χ3v) is 4.39. The molecular formula is C15H20BrClN2O3. The molecule has 1 aliphatic heterocycles. The van der Waals surface area contributed by atoms with E-state index in [2.05, 4.69) is 21.2 Å². The molecule has 7 heteroatoms. The summed E-state index contributed by atoms with van der Waals surface area (Å²) in [6.45, 7) is 3.14. The van der Waals surface area contributed by atoms with Crippen LogP contribution < -0.4 is 5.32 Å². The molecule has 1 aliphatic rings. The molecule has 0 saturated carbocycles.